The molecule has 1 aromatic heterocycles. The van der Waals surface area contributed by atoms with Crippen LogP contribution >= 0.6 is 27.5 Å². The second-order valence-corrected chi connectivity index (χ2v) is 7.49. The Labute approximate surface area is 159 Å². The lowest BCUT2D eigenvalue weighted by atomic mass is 10.0. The van der Waals surface area contributed by atoms with Crippen LogP contribution in [0.4, 0.5) is 0 Å². The summed E-state index contributed by atoms with van der Waals surface area (Å²) in [5, 5.41) is 9.00. The van der Waals surface area contributed by atoms with Crippen LogP contribution in [0.3, 0.4) is 0 Å². The molecule has 3 aromatic rings. The van der Waals surface area contributed by atoms with Crippen LogP contribution in [-0.2, 0) is 6.54 Å². The molecule has 4 nitrogen and oxygen atoms in total. The first-order chi connectivity index (χ1) is 12.2. The van der Waals surface area contributed by atoms with Crippen molar-refractivity contribution < 1.29 is 4.42 Å². The van der Waals surface area contributed by atoms with Crippen molar-refractivity contribution in [2.24, 2.45) is 0 Å². The molecule has 1 fully saturated rings. The third kappa shape index (κ3) is 3.64. The molecule has 0 bridgehead atoms. The third-order valence-corrected chi connectivity index (χ3v) is 5.33. The van der Waals surface area contributed by atoms with E-state index in [0.717, 1.165) is 23.0 Å². The zero-order valence-electron chi connectivity index (χ0n) is 13.5. The first-order valence-electron chi connectivity index (χ1n) is 8.27. The Morgan fingerprint density at radius 3 is 2.88 bits per heavy atom. The van der Waals surface area contributed by atoms with Crippen LogP contribution in [0.1, 0.15) is 30.3 Å². The minimum atomic E-state index is 0.383. The molecular formula is C19H17BrClN3O. The predicted molar refractivity (Wildman–Crippen MR) is 101 cm³/mol. The van der Waals surface area contributed by atoms with Gasteiger partial charge in [0.05, 0.1) is 17.1 Å². The van der Waals surface area contributed by atoms with Gasteiger partial charge in [-0.2, -0.15) is 0 Å². The van der Waals surface area contributed by atoms with Gasteiger partial charge >= 0.3 is 0 Å². The number of likely N-dealkylation sites (tertiary alicyclic amines) is 1. The standard InChI is InChI=1S/C19H17BrClN3O/c20-14-6-3-5-13(11-14)17-9-4-10-24(17)12-18-22-23-19(25-18)15-7-1-2-8-16(15)21/h1-3,5-8,11,17H,4,9-10,12H2. The number of nitrogens with zero attached hydrogens (tertiary/aromatic N) is 3. The molecule has 0 amide bonds. The SMILES string of the molecule is Clc1ccccc1-c1nnc(CN2CCCC2c2cccc(Br)c2)o1. The van der Waals surface area contributed by atoms with E-state index < -0.39 is 0 Å². The lowest BCUT2D eigenvalue weighted by molar-refractivity contribution is 0.224. The Kier molecular flexibility index (Phi) is 4.88. The highest BCUT2D eigenvalue weighted by atomic mass is 79.9. The fraction of sp³-hybridized carbons (Fsp3) is 0.263. The normalized spacial score (nSPS) is 17.9. The summed E-state index contributed by atoms with van der Waals surface area (Å²) in [4.78, 5) is 2.39. The zero-order valence-corrected chi connectivity index (χ0v) is 15.9. The van der Waals surface area contributed by atoms with Gasteiger partial charge in [-0.3, -0.25) is 4.90 Å². The summed E-state index contributed by atoms with van der Waals surface area (Å²) in [6.07, 6.45) is 2.31. The van der Waals surface area contributed by atoms with Crippen molar-refractivity contribution in [3.63, 3.8) is 0 Å². The lowest BCUT2D eigenvalue weighted by Crippen LogP contribution is -2.22. The molecule has 0 N–H and O–H groups in total. The topological polar surface area (TPSA) is 42.2 Å². The summed E-state index contributed by atoms with van der Waals surface area (Å²) in [7, 11) is 0. The molecule has 0 radical (unpaired) electrons. The van der Waals surface area contributed by atoms with Crippen LogP contribution in [-0.4, -0.2) is 21.6 Å². The monoisotopic (exact) mass is 417 g/mol. The average Bonchev–Trinajstić information content (AvgIpc) is 3.25. The predicted octanol–water partition coefficient (Wildman–Crippen LogP) is 5.49. The Morgan fingerprint density at radius 1 is 1.16 bits per heavy atom. The number of hydrogen-bond donors (Lipinski definition) is 0. The van der Waals surface area contributed by atoms with Crippen LogP contribution < -0.4 is 0 Å². The highest BCUT2D eigenvalue weighted by molar-refractivity contribution is 9.10. The molecule has 1 atom stereocenters. The zero-order chi connectivity index (χ0) is 17.2. The molecule has 0 aliphatic carbocycles. The van der Waals surface area contributed by atoms with Crippen molar-refractivity contribution >= 4 is 27.5 Å². The van der Waals surface area contributed by atoms with Gasteiger partial charge in [-0.15, -0.1) is 10.2 Å². The van der Waals surface area contributed by atoms with E-state index in [1.807, 2.05) is 24.3 Å². The molecule has 0 spiro atoms. The number of halogens is 2. The molecule has 0 saturated carbocycles. The maximum absolute atomic E-state index is 6.21. The smallest absolute Gasteiger partial charge is 0.249 e. The summed E-state index contributed by atoms with van der Waals surface area (Å²) in [5.74, 6) is 1.09. The van der Waals surface area contributed by atoms with E-state index in [1.165, 1.54) is 12.0 Å². The first kappa shape index (κ1) is 16.8. The van der Waals surface area contributed by atoms with Gasteiger partial charge < -0.3 is 4.42 Å². The second kappa shape index (κ2) is 7.28. The van der Waals surface area contributed by atoms with Crippen molar-refractivity contribution in [2.75, 3.05) is 6.54 Å². The largest absolute Gasteiger partial charge is 0.419 e. The van der Waals surface area contributed by atoms with Crippen LogP contribution in [0.2, 0.25) is 5.02 Å². The van der Waals surface area contributed by atoms with Gasteiger partial charge in [-0.1, -0.05) is 51.8 Å². The lowest BCUT2D eigenvalue weighted by Gasteiger charge is -2.23. The Hall–Kier alpha value is -1.69. The van der Waals surface area contributed by atoms with Gasteiger partial charge in [0.25, 0.3) is 0 Å². The van der Waals surface area contributed by atoms with E-state index in [-0.39, 0.29) is 0 Å². The van der Waals surface area contributed by atoms with E-state index in [0.29, 0.717) is 29.4 Å². The molecule has 4 rings (SSSR count). The van der Waals surface area contributed by atoms with E-state index in [9.17, 15) is 0 Å². The fourth-order valence-electron chi connectivity index (χ4n) is 3.34. The van der Waals surface area contributed by atoms with E-state index >= 15 is 0 Å². The molecule has 1 saturated heterocycles. The molecule has 1 aliphatic rings. The third-order valence-electron chi connectivity index (χ3n) is 4.51. The molecule has 1 unspecified atom stereocenters. The van der Waals surface area contributed by atoms with Gasteiger partial charge in [0.15, 0.2) is 0 Å². The summed E-state index contributed by atoms with van der Waals surface area (Å²) in [6.45, 7) is 1.68. The first-order valence-corrected chi connectivity index (χ1v) is 9.44. The van der Waals surface area contributed by atoms with Gasteiger partial charge in [0.2, 0.25) is 11.8 Å². The molecule has 2 heterocycles. The molecule has 2 aromatic carbocycles. The quantitative estimate of drug-likeness (QED) is 0.562. The number of rotatable bonds is 4. The van der Waals surface area contributed by atoms with E-state index in [1.54, 1.807) is 0 Å². The van der Waals surface area contributed by atoms with Crippen molar-refractivity contribution in [1.82, 2.24) is 15.1 Å². The summed E-state index contributed by atoms with van der Waals surface area (Å²) < 4.78 is 6.97. The van der Waals surface area contributed by atoms with Crippen molar-refractivity contribution in [3.8, 4) is 11.5 Å². The minimum absolute atomic E-state index is 0.383. The van der Waals surface area contributed by atoms with E-state index in [4.69, 9.17) is 16.0 Å². The second-order valence-electron chi connectivity index (χ2n) is 6.16. The summed E-state index contributed by atoms with van der Waals surface area (Å²) in [5.41, 5.74) is 2.09. The van der Waals surface area contributed by atoms with Crippen LogP contribution in [0.15, 0.2) is 57.4 Å². The molecular weight excluding hydrogens is 402 g/mol. The van der Waals surface area contributed by atoms with Crippen molar-refractivity contribution in [3.05, 3.63) is 69.5 Å². The summed E-state index contributed by atoms with van der Waals surface area (Å²) >= 11 is 9.77. The fourth-order valence-corrected chi connectivity index (χ4v) is 3.97. The highest BCUT2D eigenvalue weighted by Gasteiger charge is 2.27. The van der Waals surface area contributed by atoms with Gasteiger partial charge in [-0.25, -0.2) is 0 Å². The average molecular weight is 419 g/mol. The number of benzene rings is 2. The van der Waals surface area contributed by atoms with E-state index in [2.05, 4.69) is 55.3 Å². The Balaban J connectivity index is 1.53. The molecule has 6 heteroatoms. The summed E-state index contributed by atoms with van der Waals surface area (Å²) in [6, 6.07) is 16.4. The molecule has 1 aliphatic heterocycles. The van der Waals surface area contributed by atoms with Crippen molar-refractivity contribution in [1.29, 1.82) is 0 Å². The minimum Gasteiger partial charge on any atom is -0.419 e. The molecule has 25 heavy (non-hydrogen) atoms. The maximum Gasteiger partial charge on any atom is 0.249 e. The highest BCUT2D eigenvalue weighted by Crippen LogP contribution is 2.34. The Bertz CT molecular complexity index is 882. The number of hydrogen-bond acceptors (Lipinski definition) is 4. The molecule has 128 valence electrons. The number of aromatic nitrogens is 2. The van der Waals surface area contributed by atoms with Crippen LogP contribution in [0.25, 0.3) is 11.5 Å². The van der Waals surface area contributed by atoms with Gasteiger partial charge in [0, 0.05) is 10.5 Å². The Morgan fingerprint density at radius 2 is 2.04 bits per heavy atom. The maximum atomic E-state index is 6.21. The van der Waals surface area contributed by atoms with Crippen LogP contribution in [0, 0.1) is 0 Å². The van der Waals surface area contributed by atoms with Crippen LogP contribution in [0.5, 0.6) is 0 Å². The van der Waals surface area contributed by atoms with Gasteiger partial charge in [0.1, 0.15) is 0 Å². The van der Waals surface area contributed by atoms with Gasteiger partial charge in [-0.05, 0) is 49.2 Å². The van der Waals surface area contributed by atoms with Crippen molar-refractivity contribution in [2.45, 2.75) is 25.4 Å².